The molecular formula is C21H23FN2. The second kappa shape index (κ2) is 4.89. The van der Waals surface area contributed by atoms with Crippen LogP contribution in [0, 0.1) is 11.2 Å². The van der Waals surface area contributed by atoms with Crippen molar-refractivity contribution >= 4 is 0 Å². The van der Waals surface area contributed by atoms with Gasteiger partial charge in [-0.15, -0.1) is 0 Å². The second-order valence-electron chi connectivity index (χ2n) is 8.02. The number of aryl methyl sites for hydroxylation is 1. The van der Waals surface area contributed by atoms with Gasteiger partial charge in [0.15, 0.2) is 0 Å². The van der Waals surface area contributed by atoms with Crippen molar-refractivity contribution in [1.29, 1.82) is 0 Å². The summed E-state index contributed by atoms with van der Waals surface area (Å²) in [5.74, 6) is -0.0394. The Morgan fingerprint density at radius 3 is 2.67 bits per heavy atom. The third-order valence-electron chi connectivity index (χ3n) is 7.17. The highest BCUT2D eigenvalue weighted by Crippen LogP contribution is 2.74. The normalized spacial score (nSPS) is 35.9. The second-order valence-corrected chi connectivity index (χ2v) is 8.02. The number of pyridine rings is 1. The summed E-state index contributed by atoms with van der Waals surface area (Å²) in [5, 5.41) is 3.90. The lowest BCUT2D eigenvalue weighted by Crippen LogP contribution is -2.51. The predicted octanol–water partition coefficient (Wildman–Crippen LogP) is 4.05. The number of rotatable bonds is 5. The van der Waals surface area contributed by atoms with Gasteiger partial charge in [-0.2, -0.15) is 0 Å². The van der Waals surface area contributed by atoms with Gasteiger partial charge in [-0.25, -0.2) is 4.39 Å². The van der Waals surface area contributed by atoms with Gasteiger partial charge < -0.3 is 5.32 Å². The minimum absolute atomic E-state index is 0.0394. The number of nitrogens with zero attached hydrogens (tertiary/aromatic N) is 1. The maximum absolute atomic E-state index is 14.1. The Labute approximate surface area is 142 Å². The Morgan fingerprint density at radius 1 is 1.04 bits per heavy atom. The lowest BCUT2D eigenvalue weighted by molar-refractivity contribution is 0.0736. The van der Waals surface area contributed by atoms with Crippen LogP contribution in [0.15, 0.2) is 48.8 Å². The lowest BCUT2D eigenvalue weighted by atomic mass is 9.56. The molecule has 2 aromatic rings. The Morgan fingerprint density at radius 2 is 1.92 bits per heavy atom. The quantitative estimate of drug-likeness (QED) is 0.843. The lowest BCUT2D eigenvalue weighted by Gasteiger charge is -2.48. The van der Waals surface area contributed by atoms with Crippen LogP contribution >= 0.6 is 0 Å². The monoisotopic (exact) mass is 322 g/mol. The Hall–Kier alpha value is -1.74. The fraction of sp³-hybridized carbons (Fsp3) is 0.476. The van der Waals surface area contributed by atoms with Crippen molar-refractivity contribution in [3.05, 3.63) is 65.7 Å². The first-order valence-corrected chi connectivity index (χ1v) is 9.11. The molecule has 3 fully saturated rings. The van der Waals surface area contributed by atoms with E-state index in [4.69, 9.17) is 0 Å². The minimum atomic E-state index is -0.0394. The third-order valence-corrected chi connectivity index (χ3v) is 7.17. The zero-order chi connectivity index (χ0) is 16.3. The minimum Gasteiger partial charge on any atom is -0.302 e. The summed E-state index contributed by atoms with van der Waals surface area (Å²) in [7, 11) is 0. The van der Waals surface area contributed by atoms with Gasteiger partial charge in [0, 0.05) is 23.5 Å². The van der Waals surface area contributed by atoms with E-state index < -0.39 is 0 Å². The number of piperidine rings is 1. The SMILES string of the molecule is Fc1ccccc1CC12CCC3(CCc4cccnc4)NC13CC2. The molecule has 1 N–H and O–H groups in total. The number of hydrogen-bond donors (Lipinski definition) is 1. The van der Waals surface area contributed by atoms with Crippen LogP contribution in [0.25, 0.3) is 0 Å². The highest BCUT2D eigenvalue weighted by atomic mass is 19.1. The Bertz CT molecular complexity index is 772. The van der Waals surface area contributed by atoms with E-state index in [1.54, 1.807) is 12.1 Å². The Kier molecular flexibility index (Phi) is 2.97. The van der Waals surface area contributed by atoms with E-state index >= 15 is 0 Å². The molecule has 2 saturated carbocycles. The number of hydrogen-bond acceptors (Lipinski definition) is 2. The summed E-state index contributed by atoms with van der Waals surface area (Å²) in [5.41, 5.74) is 3.08. The average molecular weight is 322 g/mol. The van der Waals surface area contributed by atoms with Crippen LogP contribution in [-0.2, 0) is 12.8 Å². The zero-order valence-electron chi connectivity index (χ0n) is 13.9. The van der Waals surface area contributed by atoms with Crippen LogP contribution in [0.4, 0.5) is 4.39 Å². The van der Waals surface area contributed by atoms with Crippen LogP contribution in [0.1, 0.15) is 43.2 Å². The van der Waals surface area contributed by atoms with E-state index in [9.17, 15) is 4.39 Å². The fourth-order valence-corrected chi connectivity index (χ4v) is 5.75. The molecule has 1 spiro atoms. The molecule has 2 aliphatic carbocycles. The van der Waals surface area contributed by atoms with Gasteiger partial charge in [0.25, 0.3) is 0 Å². The molecule has 2 heterocycles. The topological polar surface area (TPSA) is 34.8 Å². The summed E-state index contributed by atoms with van der Waals surface area (Å²) in [6.45, 7) is 0. The number of benzene rings is 1. The van der Waals surface area contributed by atoms with Crippen molar-refractivity contribution in [3.63, 3.8) is 0 Å². The maximum atomic E-state index is 14.1. The van der Waals surface area contributed by atoms with Gasteiger partial charge in [0.1, 0.15) is 5.82 Å². The molecule has 0 amide bonds. The molecular weight excluding hydrogens is 299 g/mol. The molecule has 3 heteroatoms. The number of halogens is 1. The molecule has 0 radical (unpaired) electrons. The Balaban J connectivity index is 1.34. The molecule has 124 valence electrons. The summed E-state index contributed by atoms with van der Waals surface area (Å²) < 4.78 is 14.1. The number of nitrogens with one attached hydrogen (secondary N) is 1. The standard InChI is InChI=1S/C21H23FN2/c22-18-6-2-1-5-17(18)14-19-9-11-20(21(19,24-20)12-10-19)8-7-16-4-3-13-23-15-16/h1-6,13,15,24H,7-12,14H2. The fourth-order valence-electron chi connectivity index (χ4n) is 5.75. The van der Waals surface area contributed by atoms with E-state index in [1.165, 1.54) is 37.7 Å². The first-order chi connectivity index (χ1) is 11.7. The molecule has 2 nitrogen and oxygen atoms in total. The zero-order valence-corrected chi connectivity index (χ0v) is 13.9. The molecule has 3 atom stereocenters. The van der Waals surface area contributed by atoms with Crippen LogP contribution in [0.5, 0.6) is 0 Å². The van der Waals surface area contributed by atoms with Crippen molar-refractivity contribution < 1.29 is 4.39 Å². The summed E-state index contributed by atoms with van der Waals surface area (Å²) in [6.07, 6.45) is 11.9. The highest BCUT2D eigenvalue weighted by molar-refractivity contribution is 5.43. The molecule has 1 aliphatic heterocycles. The molecule has 0 bridgehead atoms. The van der Waals surface area contributed by atoms with Gasteiger partial charge in [-0.3, -0.25) is 4.98 Å². The average Bonchev–Trinajstić information content (AvgIpc) is 3.26. The van der Waals surface area contributed by atoms with Crippen LogP contribution < -0.4 is 5.32 Å². The summed E-state index contributed by atoms with van der Waals surface area (Å²) in [6, 6.07) is 11.5. The van der Waals surface area contributed by atoms with Gasteiger partial charge in [0.2, 0.25) is 0 Å². The van der Waals surface area contributed by atoms with Gasteiger partial charge in [-0.05, 0) is 73.6 Å². The molecule has 1 aromatic carbocycles. The molecule has 1 aromatic heterocycles. The summed E-state index contributed by atoms with van der Waals surface area (Å²) in [4.78, 5) is 4.23. The van der Waals surface area contributed by atoms with E-state index in [0.717, 1.165) is 18.4 Å². The van der Waals surface area contributed by atoms with Gasteiger partial charge in [0.05, 0.1) is 0 Å². The van der Waals surface area contributed by atoms with E-state index in [1.807, 2.05) is 30.6 Å². The number of aromatic nitrogens is 1. The van der Waals surface area contributed by atoms with E-state index in [2.05, 4.69) is 16.4 Å². The van der Waals surface area contributed by atoms with Gasteiger partial charge in [-0.1, -0.05) is 24.3 Å². The summed E-state index contributed by atoms with van der Waals surface area (Å²) >= 11 is 0. The molecule has 5 rings (SSSR count). The van der Waals surface area contributed by atoms with Crippen molar-refractivity contribution in [2.45, 2.75) is 56.0 Å². The maximum Gasteiger partial charge on any atom is 0.126 e. The molecule has 1 saturated heterocycles. The van der Waals surface area contributed by atoms with Crippen LogP contribution in [0.2, 0.25) is 0 Å². The molecule has 3 unspecified atom stereocenters. The molecule has 24 heavy (non-hydrogen) atoms. The molecule has 3 aliphatic rings. The van der Waals surface area contributed by atoms with E-state index in [0.29, 0.717) is 5.54 Å². The van der Waals surface area contributed by atoms with Crippen molar-refractivity contribution in [1.82, 2.24) is 10.3 Å². The third kappa shape index (κ3) is 1.82. The van der Waals surface area contributed by atoms with Gasteiger partial charge >= 0.3 is 0 Å². The largest absolute Gasteiger partial charge is 0.302 e. The predicted molar refractivity (Wildman–Crippen MR) is 92.2 cm³/mol. The van der Waals surface area contributed by atoms with E-state index in [-0.39, 0.29) is 16.8 Å². The first kappa shape index (κ1) is 14.6. The highest BCUT2D eigenvalue weighted by Gasteiger charge is 2.82. The smallest absolute Gasteiger partial charge is 0.126 e. The van der Waals surface area contributed by atoms with Crippen LogP contribution in [-0.4, -0.2) is 16.1 Å². The van der Waals surface area contributed by atoms with Crippen molar-refractivity contribution in [2.75, 3.05) is 0 Å². The van der Waals surface area contributed by atoms with Crippen LogP contribution in [0.3, 0.4) is 0 Å². The van der Waals surface area contributed by atoms with Crippen molar-refractivity contribution in [2.24, 2.45) is 5.41 Å². The van der Waals surface area contributed by atoms with Crippen molar-refractivity contribution in [3.8, 4) is 0 Å². The first-order valence-electron chi connectivity index (χ1n) is 9.11.